The van der Waals surface area contributed by atoms with Crippen molar-refractivity contribution in [2.75, 3.05) is 28.4 Å². The Morgan fingerprint density at radius 3 is 1.94 bits per heavy atom. The van der Waals surface area contributed by atoms with E-state index in [1.54, 1.807) is 28.4 Å². The summed E-state index contributed by atoms with van der Waals surface area (Å²) in [7, 11) is 6.29. The first-order valence-electron chi connectivity index (χ1n) is 9.86. The highest BCUT2D eigenvalue weighted by molar-refractivity contribution is 5.84. The van der Waals surface area contributed by atoms with E-state index in [4.69, 9.17) is 23.7 Å². The Kier molecular flexibility index (Phi) is 7.26. The number of rotatable bonds is 9. The topological polar surface area (TPSA) is 66.4 Å². The number of ether oxygens (including phenoxy) is 5. The highest BCUT2D eigenvalue weighted by Crippen LogP contribution is 2.53. The first-order valence-corrected chi connectivity index (χ1v) is 9.86. The van der Waals surface area contributed by atoms with E-state index in [0.717, 1.165) is 22.3 Å². The van der Waals surface area contributed by atoms with Crippen molar-refractivity contribution in [1.29, 1.82) is 0 Å². The van der Waals surface area contributed by atoms with Crippen LogP contribution in [-0.2, 0) is 13.2 Å². The van der Waals surface area contributed by atoms with E-state index in [0.29, 0.717) is 40.9 Å². The van der Waals surface area contributed by atoms with E-state index in [-0.39, 0.29) is 6.61 Å². The number of hydrogen-bond donors (Lipinski definition) is 1. The molecule has 0 aliphatic carbocycles. The Bertz CT molecular complexity index is 1030. The van der Waals surface area contributed by atoms with Crippen LogP contribution < -0.4 is 23.7 Å². The third kappa shape index (κ3) is 4.39. The number of aliphatic hydroxyl groups is 1. The van der Waals surface area contributed by atoms with Crippen molar-refractivity contribution in [3.63, 3.8) is 0 Å². The second kappa shape index (κ2) is 10.1. The molecule has 6 heteroatoms. The fourth-order valence-corrected chi connectivity index (χ4v) is 3.64. The normalized spacial score (nSPS) is 10.5. The third-order valence-corrected chi connectivity index (χ3v) is 5.14. The van der Waals surface area contributed by atoms with E-state index >= 15 is 0 Å². The van der Waals surface area contributed by atoms with Crippen molar-refractivity contribution in [2.45, 2.75) is 20.1 Å². The molecular formula is C25H28O6. The monoisotopic (exact) mass is 424 g/mol. The standard InChI is InChI=1S/C25H28O6/c1-16-21(23(28-3)25(30-5)24(29-4)22(16)27-2)18-11-12-19(14-26)20(13-18)31-15-17-9-7-6-8-10-17/h6-13,26H,14-15H2,1-5H3. The molecule has 0 amide bonds. The fourth-order valence-electron chi connectivity index (χ4n) is 3.64. The lowest BCUT2D eigenvalue weighted by Crippen LogP contribution is -2.03. The molecule has 0 saturated carbocycles. The first-order chi connectivity index (χ1) is 15.1. The van der Waals surface area contributed by atoms with Crippen molar-refractivity contribution in [1.82, 2.24) is 0 Å². The lowest BCUT2D eigenvalue weighted by atomic mass is 9.96. The van der Waals surface area contributed by atoms with E-state index in [2.05, 4.69) is 0 Å². The number of hydrogen-bond acceptors (Lipinski definition) is 6. The summed E-state index contributed by atoms with van der Waals surface area (Å²) < 4.78 is 28.5. The molecule has 3 rings (SSSR count). The quantitative estimate of drug-likeness (QED) is 0.534. The van der Waals surface area contributed by atoms with Crippen LogP contribution in [0.3, 0.4) is 0 Å². The molecule has 0 aromatic heterocycles. The van der Waals surface area contributed by atoms with Gasteiger partial charge in [0.1, 0.15) is 12.4 Å². The molecule has 0 bridgehead atoms. The Hall–Kier alpha value is -3.38. The molecule has 0 aliphatic rings. The highest BCUT2D eigenvalue weighted by atomic mass is 16.5. The molecule has 0 atom stereocenters. The van der Waals surface area contributed by atoms with Gasteiger partial charge < -0.3 is 28.8 Å². The molecule has 0 saturated heterocycles. The van der Waals surface area contributed by atoms with Gasteiger partial charge in [0, 0.05) is 16.7 Å². The van der Waals surface area contributed by atoms with E-state index in [1.807, 2.05) is 55.5 Å². The predicted octanol–water partition coefficient (Wildman–Crippen LogP) is 4.77. The molecule has 0 aliphatic heterocycles. The van der Waals surface area contributed by atoms with Gasteiger partial charge in [-0.25, -0.2) is 0 Å². The Labute approximate surface area is 182 Å². The molecule has 0 spiro atoms. The largest absolute Gasteiger partial charge is 0.492 e. The zero-order valence-electron chi connectivity index (χ0n) is 18.5. The van der Waals surface area contributed by atoms with Gasteiger partial charge in [-0.2, -0.15) is 0 Å². The molecule has 3 aromatic rings. The third-order valence-electron chi connectivity index (χ3n) is 5.14. The highest BCUT2D eigenvalue weighted by Gasteiger charge is 2.26. The molecule has 3 aromatic carbocycles. The van der Waals surface area contributed by atoms with E-state index < -0.39 is 0 Å². The van der Waals surface area contributed by atoms with E-state index in [9.17, 15) is 5.11 Å². The predicted molar refractivity (Wildman–Crippen MR) is 120 cm³/mol. The van der Waals surface area contributed by atoms with Gasteiger partial charge >= 0.3 is 0 Å². The van der Waals surface area contributed by atoms with Gasteiger partial charge in [0.05, 0.1) is 35.0 Å². The molecule has 164 valence electrons. The summed E-state index contributed by atoms with van der Waals surface area (Å²) in [5, 5.41) is 9.80. The second-order valence-electron chi connectivity index (χ2n) is 6.89. The minimum atomic E-state index is -0.129. The minimum absolute atomic E-state index is 0.129. The number of aliphatic hydroxyl groups excluding tert-OH is 1. The molecular weight excluding hydrogens is 396 g/mol. The van der Waals surface area contributed by atoms with Gasteiger partial charge in [0.15, 0.2) is 11.5 Å². The molecule has 0 heterocycles. The fraction of sp³-hybridized carbons (Fsp3) is 0.280. The van der Waals surface area contributed by atoms with Crippen LogP contribution in [0, 0.1) is 6.92 Å². The van der Waals surface area contributed by atoms with Crippen LogP contribution in [0.4, 0.5) is 0 Å². The van der Waals surface area contributed by atoms with Crippen molar-refractivity contribution in [3.8, 4) is 39.9 Å². The van der Waals surface area contributed by atoms with Crippen molar-refractivity contribution >= 4 is 0 Å². The zero-order valence-corrected chi connectivity index (χ0v) is 18.5. The molecule has 31 heavy (non-hydrogen) atoms. The summed E-state index contributed by atoms with van der Waals surface area (Å²) in [6.07, 6.45) is 0. The van der Waals surface area contributed by atoms with Gasteiger partial charge in [-0.05, 0) is 24.1 Å². The maximum atomic E-state index is 9.80. The van der Waals surface area contributed by atoms with E-state index in [1.165, 1.54) is 0 Å². The van der Waals surface area contributed by atoms with Gasteiger partial charge in [-0.15, -0.1) is 0 Å². The van der Waals surface area contributed by atoms with Crippen LogP contribution in [0.1, 0.15) is 16.7 Å². The Morgan fingerprint density at radius 1 is 0.742 bits per heavy atom. The van der Waals surface area contributed by atoms with Crippen LogP contribution in [0.25, 0.3) is 11.1 Å². The summed E-state index contributed by atoms with van der Waals surface area (Å²) >= 11 is 0. The summed E-state index contributed by atoms with van der Waals surface area (Å²) in [5.41, 5.74) is 4.21. The van der Waals surface area contributed by atoms with Gasteiger partial charge in [-0.3, -0.25) is 0 Å². The Balaban J connectivity index is 2.14. The molecule has 6 nitrogen and oxygen atoms in total. The average molecular weight is 424 g/mol. The van der Waals surface area contributed by atoms with Crippen molar-refractivity contribution < 1.29 is 28.8 Å². The van der Waals surface area contributed by atoms with Gasteiger partial charge in [-0.1, -0.05) is 42.5 Å². The second-order valence-corrected chi connectivity index (χ2v) is 6.89. The number of methoxy groups -OCH3 is 4. The SMILES string of the molecule is COc1c(C)c(-c2ccc(CO)c(OCc3ccccc3)c2)c(OC)c(OC)c1OC. The van der Waals surface area contributed by atoms with Crippen molar-refractivity contribution in [3.05, 3.63) is 65.2 Å². The minimum Gasteiger partial charge on any atom is -0.492 e. The maximum Gasteiger partial charge on any atom is 0.207 e. The summed E-state index contributed by atoms with van der Waals surface area (Å²) in [6.45, 7) is 2.20. The maximum absolute atomic E-state index is 9.80. The lowest BCUT2D eigenvalue weighted by Gasteiger charge is -2.22. The van der Waals surface area contributed by atoms with Crippen LogP contribution >= 0.6 is 0 Å². The van der Waals surface area contributed by atoms with Crippen LogP contribution in [0.15, 0.2) is 48.5 Å². The van der Waals surface area contributed by atoms with Crippen LogP contribution in [-0.4, -0.2) is 33.5 Å². The lowest BCUT2D eigenvalue weighted by molar-refractivity contribution is 0.259. The molecule has 0 fully saturated rings. The van der Waals surface area contributed by atoms with Crippen LogP contribution in [0.2, 0.25) is 0 Å². The first kappa shape index (κ1) is 22.3. The van der Waals surface area contributed by atoms with Gasteiger partial charge in [0.2, 0.25) is 11.5 Å². The summed E-state index contributed by atoms with van der Waals surface area (Å²) in [6, 6.07) is 15.5. The van der Waals surface area contributed by atoms with Gasteiger partial charge in [0.25, 0.3) is 0 Å². The molecule has 1 N–H and O–H groups in total. The Morgan fingerprint density at radius 2 is 1.35 bits per heavy atom. The molecule has 0 unspecified atom stereocenters. The summed E-state index contributed by atoms with van der Waals surface area (Å²) in [4.78, 5) is 0. The summed E-state index contributed by atoms with van der Waals surface area (Å²) in [5.74, 6) is 2.60. The van der Waals surface area contributed by atoms with Crippen molar-refractivity contribution in [2.24, 2.45) is 0 Å². The molecule has 0 radical (unpaired) electrons. The number of benzene rings is 3. The zero-order chi connectivity index (χ0) is 22.4. The smallest absolute Gasteiger partial charge is 0.207 e. The van der Waals surface area contributed by atoms with Crippen LogP contribution in [0.5, 0.6) is 28.7 Å². The average Bonchev–Trinajstić information content (AvgIpc) is 2.82.